The summed E-state index contributed by atoms with van der Waals surface area (Å²) in [5.74, 6) is 1.62. The highest BCUT2D eigenvalue weighted by molar-refractivity contribution is 5.73. The standard InChI is InChI=1S/C18H25N3/c1-3-13-8-10-14(11-9-13)18(19-2)17-12-20-15-6-4-5-7-16(15)21-17/h4-7,12-14,18-19H,3,8-11H2,1-2H3. The van der Waals surface area contributed by atoms with Crippen LogP contribution in [0.4, 0.5) is 0 Å². The van der Waals surface area contributed by atoms with Gasteiger partial charge in [-0.25, -0.2) is 4.98 Å². The molecule has 3 rings (SSSR count). The van der Waals surface area contributed by atoms with Crippen molar-refractivity contribution < 1.29 is 0 Å². The molecule has 3 heteroatoms. The molecule has 0 aliphatic heterocycles. The van der Waals surface area contributed by atoms with Crippen molar-refractivity contribution in [3.8, 4) is 0 Å². The first-order chi connectivity index (χ1) is 10.3. The van der Waals surface area contributed by atoms with Crippen molar-refractivity contribution in [2.24, 2.45) is 11.8 Å². The third-order valence-corrected chi connectivity index (χ3v) is 5.04. The predicted octanol–water partition coefficient (Wildman–Crippen LogP) is 4.11. The van der Waals surface area contributed by atoms with Crippen LogP contribution in [-0.2, 0) is 0 Å². The minimum absolute atomic E-state index is 0.333. The Morgan fingerprint density at radius 3 is 2.52 bits per heavy atom. The summed E-state index contributed by atoms with van der Waals surface area (Å²) < 4.78 is 0. The summed E-state index contributed by atoms with van der Waals surface area (Å²) in [7, 11) is 2.05. The summed E-state index contributed by atoms with van der Waals surface area (Å²) in [5, 5.41) is 3.48. The summed E-state index contributed by atoms with van der Waals surface area (Å²) in [6.07, 6.45) is 8.61. The van der Waals surface area contributed by atoms with Crippen LogP contribution in [0.1, 0.15) is 50.8 Å². The number of nitrogens with one attached hydrogen (secondary N) is 1. The van der Waals surface area contributed by atoms with Gasteiger partial charge in [-0.2, -0.15) is 0 Å². The fraction of sp³-hybridized carbons (Fsp3) is 0.556. The summed E-state index contributed by atoms with van der Waals surface area (Å²) in [4.78, 5) is 9.41. The van der Waals surface area contributed by atoms with Gasteiger partial charge in [0.15, 0.2) is 0 Å². The zero-order valence-corrected chi connectivity index (χ0v) is 13.0. The number of rotatable bonds is 4. The van der Waals surface area contributed by atoms with E-state index in [0.29, 0.717) is 12.0 Å². The fourth-order valence-corrected chi connectivity index (χ4v) is 3.68. The second kappa shape index (κ2) is 6.52. The van der Waals surface area contributed by atoms with Crippen molar-refractivity contribution >= 4 is 11.0 Å². The predicted molar refractivity (Wildman–Crippen MR) is 87.1 cm³/mol. The van der Waals surface area contributed by atoms with Gasteiger partial charge in [0, 0.05) is 0 Å². The summed E-state index contributed by atoms with van der Waals surface area (Å²) in [5.41, 5.74) is 3.07. The number of fused-ring (bicyclic) bond motifs is 1. The van der Waals surface area contributed by atoms with Gasteiger partial charge >= 0.3 is 0 Å². The van der Waals surface area contributed by atoms with E-state index in [4.69, 9.17) is 4.98 Å². The van der Waals surface area contributed by atoms with Gasteiger partial charge < -0.3 is 5.32 Å². The Labute approximate surface area is 127 Å². The molecule has 1 N–H and O–H groups in total. The van der Waals surface area contributed by atoms with Gasteiger partial charge in [0.25, 0.3) is 0 Å². The van der Waals surface area contributed by atoms with Crippen LogP contribution in [0.25, 0.3) is 11.0 Å². The maximum Gasteiger partial charge on any atom is 0.0890 e. The Morgan fingerprint density at radius 1 is 1.14 bits per heavy atom. The highest BCUT2D eigenvalue weighted by Crippen LogP contribution is 2.37. The van der Waals surface area contributed by atoms with Gasteiger partial charge in [-0.1, -0.05) is 38.3 Å². The van der Waals surface area contributed by atoms with E-state index in [2.05, 4.69) is 17.2 Å². The molecule has 0 amide bonds. The lowest BCUT2D eigenvalue weighted by Crippen LogP contribution is -2.29. The summed E-state index contributed by atoms with van der Waals surface area (Å²) >= 11 is 0. The van der Waals surface area contributed by atoms with E-state index >= 15 is 0 Å². The molecule has 0 saturated heterocycles. The lowest BCUT2D eigenvalue weighted by atomic mass is 9.77. The maximum absolute atomic E-state index is 4.84. The second-order valence-corrected chi connectivity index (χ2v) is 6.24. The molecule has 1 aliphatic carbocycles. The first kappa shape index (κ1) is 14.5. The third-order valence-electron chi connectivity index (χ3n) is 5.04. The number of aromatic nitrogens is 2. The van der Waals surface area contributed by atoms with Crippen LogP contribution >= 0.6 is 0 Å². The van der Waals surface area contributed by atoms with Gasteiger partial charge in [-0.05, 0) is 43.9 Å². The van der Waals surface area contributed by atoms with Crippen LogP contribution < -0.4 is 5.32 Å². The number of hydrogen-bond donors (Lipinski definition) is 1. The van der Waals surface area contributed by atoms with Gasteiger partial charge in [-0.3, -0.25) is 4.98 Å². The Kier molecular flexibility index (Phi) is 4.49. The van der Waals surface area contributed by atoms with Crippen molar-refractivity contribution in [3.63, 3.8) is 0 Å². The molecule has 3 nitrogen and oxygen atoms in total. The molecule has 0 spiro atoms. The van der Waals surface area contributed by atoms with Crippen molar-refractivity contribution in [2.45, 2.75) is 45.1 Å². The van der Waals surface area contributed by atoms with Gasteiger partial charge in [0.1, 0.15) is 0 Å². The molecule has 0 radical (unpaired) electrons. The van der Waals surface area contributed by atoms with Crippen LogP contribution in [0, 0.1) is 11.8 Å². The molecule has 1 heterocycles. The first-order valence-electron chi connectivity index (χ1n) is 8.20. The topological polar surface area (TPSA) is 37.8 Å². The molecule has 1 unspecified atom stereocenters. The average molecular weight is 283 g/mol. The number of para-hydroxylation sites is 2. The molecule has 1 aromatic carbocycles. The van der Waals surface area contributed by atoms with Gasteiger partial charge in [0.2, 0.25) is 0 Å². The van der Waals surface area contributed by atoms with Crippen LogP contribution in [0.15, 0.2) is 30.5 Å². The minimum atomic E-state index is 0.333. The fourth-order valence-electron chi connectivity index (χ4n) is 3.68. The highest BCUT2D eigenvalue weighted by atomic mass is 14.9. The molecule has 112 valence electrons. The van der Waals surface area contributed by atoms with E-state index < -0.39 is 0 Å². The monoisotopic (exact) mass is 283 g/mol. The van der Waals surface area contributed by atoms with Crippen LogP contribution in [-0.4, -0.2) is 17.0 Å². The Balaban J connectivity index is 1.81. The Morgan fingerprint density at radius 2 is 1.86 bits per heavy atom. The van der Waals surface area contributed by atoms with Gasteiger partial charge in [0.05, 0.1) is 29.0 Å². The molecule has 1 aliphatic rings. The zero-order chi connectivity index (χ0) is 14.7. The molecule has 1 aromatic heterocycles. The highest BCUT2D eigenvalue weighted by Gasteiger charge is 2.28. The summed E-state index contributed by atoms with van der Waals surface area (Å²) in [6, 6.07) is 8.44. The normalized spacial score (nSPS) is 24.1. The number of benzene rings is 1. The lowest BCUT2D eigenvalue weighted by Gasteiger charge is -2.33. The number of nitrogens with zero attached hydrogens (tertiary/aromatic N) is 2. The SMILES string of the molecule is CCC1CCC(C(NC)c2cnc3ccccc3n2)CC1. The van der Waals surface area contributed by atoms with E-state index in [1.807, 2.05) is 37.5 Å². The van der Waals surface area contributed by atoms with Crippen molar-refractivity contribution in [1.82, 2.24) is 15.3 Å². The maximum atomic E-state index is 4.84. The van der Waals surface area contributed by atoms with Crippen LogP contribution in [0.2, 0.25) is 0 Å². The van der Waals surface area contributed by atoms with Crippen molar-refractivity contribution in [3.05, 3.63) is 36.2 Å². The van der Waals surface area contributed by atoms with E-state index in [1.165, 1.54) is 32.1 Å². The molecule has 0 bridgehead atoms. The molecule has 21 heavy (non-hydrogen) atoms. The first-order valence-corrected chi connectivity index (χ1v) is 8.20. The number of hydrogen-bond acceptors (Lipinski definition) is 3. The van der Waals surface area contributed by atoms with E-state index in [1.54, 1.807) is 0 Å². The molecular weight excluding hydrogens is 258 g/mol. The van der Waals surface area contributed by atoms with E-state index in [-0.39, 0.29) is 0 Å². The molecule has 1 fully saturated rings. The Hall–Kier alpha value is -1.48. The second-order valence-electron chi connectivity index (χ2n) is 6.24. The molecule has 2 aromatic rings. The average Bonchev–Trinajstić information content (AvgIpc) is 2.56. The minimum Gasteiger partial charge on any atom is -0.311 e. The van der Waals surface area contributed by atoms with E-state index in [9.17, 15) is 0 Å². The molecule has 1 saturated carbocycles. The van der Waals surface area contributed by atoms with Crippen molar-refractivity contribution in [2.75, 3.05) is 7.05 Å². The van der Waals surface area contributed by atoms with Crippen LogP contribution in [0.3, 0.4) is 0 Å². The largest absolute Gasteiger partial charge is 0.311 e. The quantitative estimate of drug-likeness (QED) is 0.917. The van der Waals surface area contributed by atoms with E-state index in [0.717, 1.165) is 22.6 Å². The molecular formula is C18H25N3. The smallest absolute Gasteiger partial charge is 0.0890 e. The molecule has 1 atom stereocenters. The van der Waals surface area contributed by atoms with Crippen LogP contribution in [0.5, 0.6) is 0 Å². The summed E-state index contributed by atoms with van der Waals surface area (Å²) in [6.45, 7) is 2.31. The third kappa shape index (κ3) is 3.08. The lowest BCUT2D eigenvalue weighted by molar-refractivity contribution is 0.222. The Bertz CT molecular complexity index is 588. The zero-order valence-electron chi connectivity index (χ0n) is 13.0. The van der Waals surface area contributed by atoms with Crippen molar-refractivity contribution in [1.29, 1.82) is 0 Å². The van der Waals surface area contributed by atoms with Gasteiger partial charge in [-0.15, -0.1) is 0 Å².